The molecule has 20 heavy (non-hydrogen) atoms. The number of hydrogen-bond donors (Lipinski definition) is 2. The van der Waals surface area contributed by atoms with Crippen LogP contribution in [0, 0.1) is 11.8 Å². The van der Waals surface area contributed by atoms with Gasteiger partial charge >= 0.3 is 12.0 Å². The zero-order chi connectivity index (χ0) is 14.9. The molecule has 0 radical (unpaired) electrons. The van der Waals surface area contributed by atoms with Crippen LogP contribution in [0.1, 0.15) is 37.6 Å². The highest BCUT2D eigenvalue weighted by atomic mass is 32.1. The molecule has 1 aliphatic heterocycles. The lowest BCUT2D eigenvalue weighted by atomic mass is 9.86. The van der Waals surface area contributed by atoms with Crippen molar-refractivity contribution in [2.45, 2.75) is 33.2 Å². The van der Waals surface area contributed by atoms with Crippen LogP contribution >= 0.6 is 11.3 Å². The van der Waals surface area contributed by atoms with Gasteiger partial charge in [-0.05, 0) is 36.6 Å². The quantitative estimate of drug-likeness (QED) is 0.879. The van der Waals surface area contributed by atoms with Gasteiger partial charge in [0.15, 0.2) is 0 Å². The maximum Gasteiger partial charge on any atom is 0.338 e. The van der Waals surface area contributed by atoms with E-state index in [1.807, 2.05) is 11.8 Å². The average Bonchev–Trinajstić information content (AvgIpc) is 2.81. The van der Waals surface area contributed by atoms with Crippen LogP contribution in [0.25, 0.3) is 0 Å². The smallest absolute Gasteiger partial charge is 0.338 e. The largest absolute Gasteiger partial charge is 0.478 e. The molecule has 6 heteroatoms. The number of carboxylic acids is 1. The van der Waals surface area contributed by atoms with E-state index in [9.17, 15) is 9.59 Å². The first kappa shape index (κ1) is 14.8. The first-order valence-corrected chi connectivity index (χ1v) is 7.66. The molecule has 0 spiro atoms. The molecular formula is C14H20N2O3S. The summed E-state index contributed by atoms with van der Waals surface area (Å²) in [6.45, 7) is 7.04. The summed E-state index contributed by atoms with van der Waals surface area (Å²) >= 11 is 1.23. The molecule has 0 aromatic carbocycles. The van der Waals surface area contributed by atoms with Gasteiger partial charge in [0.1, 0.15) is 5.00 Å². The van der Waals surface area contributed by atoms with E-state index in [4.69, 9.17) is 5.11 Å². The van der Waals surface area contributed by atoms with Crippen molar-refractivity contribution in [2.75, 3.05) is 11.9 Å². The summed E-state index contributed by atoms with van der Waals surface area (Å²) in [7, 11) is 0. The number of likely N-dealkylation sites (tertiary alicyclic amines) is 1. The van der Waals surface area contributed by atoms with Gasteiger partial charge in [-0.2, -0.15) is 0 Å². The molecule has 1 aliphatic rings. The van der Waals surface area contributed by atoms with Gasteiger partial charge in [0.2, 0.25) is 0 Å². The molecule has 2 rings (SSSR count). The summed E-state index contributed by atoms with van der Waals surface area (Å²) in [6, 6.07) is 1.47. The summed E-state index contributed by atoms with van der Waals surface area (Å²) in [5, 5.41) is 13.9. The SMILES string of the molecule is CC1CC(C)C(C)N(C(=O)Nc2sccc2C(=O)O)C1. The third-order valence-electron chi connectivity index (χ3n) is 3.97. The van der Waals surface area contributed by atoms with E-state index < -0.39 is 5.97 Å². The van der Waals surface area contributed by atoms with E-state index in [1.165, 1.54) is 17.4 Å². The molecule has 3 unspecified atom stereocenters. The number of urea groups is 1. The Morgan fingerprint density at radius 2 is 2.10 bits per heavy atom. The van der Waals surface area contributed by atoms with Crippen molar-refractivity contribution in [1.82, 2.24) is 4.90 Å². The maximum absolute atomic E-state index is 12.4. The molecule has 1 aromatic heterocycles. The van der Waals surface area contributed by atoms with Crippen molar-refractivity contribution < 1.29 is 14.7 Å². The fourth-order valence-corrected chi connectivity index (χ4v) is 3.50. The van der Waals surface area contributed by atoms with Crippen LogP contribution in [-0.2, 0) is 0 Å². The number of carboxylic acid groups (broad SMARTS) is 1. The zero-order valence-corrected chi connectivity index (χ0v) is 12.7. The molecule has 0 saturated carbocycles. The Morgan fingerprint density at radius 1 is 1.40 bits per heavy atom. The van der Waals surface area contributed by atoms with Crippen LogP contribution in [0.2, 0.25) is 0 Å². The topological polar surface area (TPSA) is 69.6 Å². The van der Waals surface area contributed by atoms with Crippen molar-refractivity contribution in [3.63, 3.8) is 0 Å². The third-order valence-corrected chi connectivity index (χ3v) is 4.80. The standard InChI is InChI=1S/C14H20N2O3S/c1-8-6-9(2)10(3)16(7-8)14(19)15-12-11(13(17)18)4-5-20-12/h4-5,8-10H,6-7H2,1-3H3,(H,15,19)(H,17,18). The van der Waals surface area contributed by atoms with Crippen molar-refractivity contribution >= 4 is 28.3 Å². The zero-order valence-electron chi connectivity index (χ0n) is 11.9. The summed E-state index contributed by atoms with van der Waals surface area (Å²) in [4.78, 5) is 25.2. The lowest BCUT2D eigenvalue weighted by Crippen LogP contribution is -2.50. The van der Waals surface area contributed by atoms with Gasteiger partial charge in [0.05, 0.1) is 5.56 Å². The van der Waals surface area contributed by atoms with Crippen LogP contribution in [0.4, 0.5) is 9.80 Å². The van der Waals surface area contributed by atoms with Gasteiger partial charge < -0.3 is 10.0 Å². The molecule has 3 atom stereocenters. The minimum atomic E-state index is -1.02. The van der Waals surface area contributed by atoms with E-state index in [1.54, 1.807) is 5.38 Å². The van der Waals surface area contributed by atoms with Crippen LogP contribution in [0.15, 0.2) is 11.4 Å². The van der Waals surface area contributed by atoms with Gasteiger partial charge in [0, 0.05) is 12.6 Å². The van der Waals surface area contributed by atoms with Crippen molar-refractivity contribution in [1.29, 1.82) is 0 Å². The second-order valence-corrected chi connectivity index (χ2v) is 6.53. The Labute approximate surface area is 122 Å². The maximum atomic E-state index is 12.4. The second kappa shape index (κ2) is 5.83. The van der Waals surface area contributed by atoms with Gasteiger partial charge in [0.25, 0.3) is 0 Å². The molecule has 0 bridgehead atoms. The number of piperidine rings is 1. The first-order valence-electron chi connectivity index (χ1n) is 6.78. The number of amides is 2. The van der Waals surface area contributed by atoms with Gasteiger partial charge in [-0.3, -0.25) is 5.32 Å². The summed E-state index contributed by atoms with van der Waals surface area (Å²) < 4.78 is 0. The van der Waals surface area contributed by atoms with Crippen LogP contribution in [-0.4, -0.2) is 34.6 Å². The Hall–Kier alpha value is -1.56. The van der Waals surface area contributed by atoms with Crippen molar-refractivity contribution in [3.8, 4) is 0 Å². The van der Waals surface area contributed by atoms with Crippen molar-refractivity contribution in [3.05, 3.63) is 17.0 Å². The number of nitrogens with zero attached hydrogens (tertiary/aromatic N) is 1. The lowest BCUT2D eigenvalue weighted by Gasteiger charge is -2.40. The van der Waals surface area contributed by atoms with E-state index in [0.717, 1.165) is 6.42 Å². The highest BCUT2D eigenvalue weighted by molar-refractivity contribution is 7.14. The van der Waals surface area contributed by atoms with E-state index in [-0.39, 0.29) is 17.6 Å². The normalized spacial score (nSPS) is 26.4. The fourth-order valence-electron chi connectivity index (χ4n) is 2.73. The van der Waals surface area contributed by atoms with Gasteiger partial charge in [-0.1, -0.05) is 13.8 Å². The monoisotopic (exact) mass is 296 g/mol. The van der Waals surface area contributed by atoms with Gasteiger partial charge in [-0.25, -0.2) is 9.59 Å². The number of carbonyl (C=O) groups is 2. The number of carbonyl (C=O) groups excluding carboxylic acids is 1. The molecule has 2 heterocycles. The fraction of sp³-hybridized carbons (Fsp3) is 0.571. The predicted octanol–water partition coefficient (Wildman–Crippen LogP) is 3.34. The summed E-state index contributed by atoms with van der Waals surface area (Å²) in [5.74, 6) is -0.101. The molecule has 1 saturated heterocycles. The van der Waals surface area contributed by atoms with Gasteiger partial charge in [-0.15, -0.1) is 11.3 Å². The minimum Gasteiger partial charge on any atom is -0.478 e. The molecule has 5 nitrogen and oxygen atoms in total. The summed E-state index contributed by atoms with van der Waals surface area (Å²) in [6.07, 6.45) is 1.12. The molecule has 2 N–H and O–H groups in total. The number of hydrogen-bond acceptors (Lipinski definition) is 3. The van der Waals surface area contributed by atoms with E-state index >= 15 is 0 Å². The molecule has 0 aliphatic carbocycles. The molecule has 1 aromatic rings. The average molecular weight is 296 g/mol. The van der Waals surface area contributed by atoms with Crippen LogP contribution < -0.4 is 5.32 Å². The Morgan fingerprint density at radius 3 is 2.75 bits per heavy atom. The minimum absolute atomic E-state index is 0.147. The van der Waals surface area contributed by atoms with Crippen LogP contribution in [0.3, 0.4) is 0 Å². The van der Waals surface area contributed by atoms with Crippen molar-refractivity contribution in [2.24, 2.45) is 11.8 Å². The Balaban J connectivity index is 2.11. The number of aromatic carboxylic acids is 1. The number of anilines is 1. The Kier molecular flexibility index (Phi) is 4.32. The number of nitrogens with one attached hydrogen (secondary N) is 1. The molecule has 2 amide bonds. The predicted molar refractivity (Wildman–Crippen MR) is 79.4 cm³/mol. The van der Waals surface area contributed by atoms with Crippen LogP contribution in [0.5, 0.6) is 0 Å². The highest BCUT2D eigenvalue weighted by Crippen LogP contribution is 2.29. The van der Waals surface area contributed by atoms with E-state index in [0.29, 0.717) is 23.4 Å². The molecule has 1 fully saturated rings. The third kappa shape index (κ3) is 2.95. The number of rotatable bonds is 2. The lowest BCUT2D eigenvalue weighted by molar-refractivity contribution is 0.0698. The Bertz CT molecular complexity index is 514. The summed E-state index contributed by atoms with van der Waals surface area (Å²) in [5.41, 5.74) is 0.147. The second-order valence-electron chi connectivity index (χ2n) is 5.61. The first-order chi connectivity index (χ1) is 9.40. The highest BCUT2D eigenvalue weighted by Gasteiger charge is 2.32. The van der Waals surface area contributed by atoms with E-state index in [2.05, 4.69) is 19.2 Å². The molecular weight excluding hydrogens is 276 g/mol. The molecule has 110 valence electrons. The number of thiophene rings is 1.